The summed E-state index contributed by atoms with van der Waals surface area (Å²) in [6.45, 7) is -0.593. The van der Waals surface area contributed by atoms with Gasteiger partial charge in [0.2, 0.25) is 0 Å². The summed E-state index contributed by atoms with van der Waals surface area (Å²) in [6, 6.07) is 0. The second-order valence-electron chi connectivity index (χ2n) is 13.4. The van der Waals surface area contributed by atoms with Gasteiger partial charge in [-0.05, 0) is 69.6 Å². The molecule has 14 unspecified atom stereocenters. The third-order valence-electron chi connectivity index (χ3n) is 10.4. The van der Waals surface area contributed by atoms with E-state index in [-0.39, 0.29) is 36.4 Å². The molecule has 0 spiro atoms. The van der Waals surface area contributed by atoms with E-state index in [2.05, 4.69) is 0 Å². The van der Waals surface area contributed by atoms with E-state index in [4.69, 9.17) is 23.7 Å². The van der Waals surface area contributed by atoms with Gasteiger partial charge in [-0.1, -0.05) is 6.08 Å². The van der Waals surface area contributed by atoms with Crippen LogP contribution in [0.5, 0.6) is 0 Å². The number of hydrogen-bond donors (Lipinski definition) is 7. The molecule has 2 saturated heterocycles. The Morgan fingerprint density at radius 2 is 1.55 bits per heavy atom. The van der Waals surface area contributed by atoms with Gasteiger partial charge in [-0.25, -0.2) is 4.79 Å². The summed E-state index contributed by atoms with van der Waals surface area (Å²) in [7, 11) is 1.56. The van der Waals surface area contributed by atoms with Crippen molar-refractivity contribution >= 4 is 5.97 Å². The summed E-state index contributed by atoms with van der Waals surface area (Å²) in [5.74, 6) is -0.748. The van der Waals surface area contributed by atoms with Crippen LogP contribution in [0.25, 0.3) is 0 Å². The molecule has 5 aliphatic rings. The van der Waals surface area contributed by atoms with Crippen molar-refractivity contribution in [2.75, 3.05) is 13.7 Å². The highest BCUT2D eigenvalue weighted by Gasteiger charge is 2.52. The van der Waals surface area contributed by atoms with Crippen molar-refractivity contribution in [2.45, 2.75) is 144 Å². The van der Waals surface area contributed by atoms with Crippen molar-refractivity contribution in [1.82, 2.24) is 0 Å². The second-order valence-corrected chi connectivity index (χ2v) is 13.4. The molecule has 14 atom stereocenters. The molecule has 0 aromatic heterocycles. The molecule has 2 heterocycles. The highest BCUT2D eigenvalue weighted by Crippen LogP contribution is 2.44. The molecule has 0 radical (unpaired) electrons. The number of aliphatic hydroxyl groups excluding tert-OH is 7. The molecule has 0 bridgehead atoms. The lowest BCUT2D eigenvalue weighted by atomic mass is 9.73. The van der Waals surface area contributed by atoms with E-state index in [0.717, 1.165) is 6.42 Å². The molecule has 2 aliphatic heterocycles. The summed E-state index contributed by atoms with van der Waals surface area (Å²) >= 11 is 0. The summed E-state index contributed by atoms with van der Waals surface area (Å²) in [4.78, 5) is 13.2. The molecule has 3 saturated carbocycles. The van der Waals surface area contributed by atoms with E-state index < -0.39 is 79.9 Å². The van der Waals surface area contributed by atoms with Gasteiger partial charge in [0, 0.05) is 25.5 Å². The third-order valence-corrected chi connectivity index (χ3v) is 10.4. The molecule has 252 valence electrons. The molecule has 5 fully saturated rings. The van der Waals surface area contributed by atoms with Crippen molar-refractivity contribution in [3.63, 3.8) is 0 Å². The molecule has 7 N–H and O–H groups in total. The van der Waals surface area contributed by atoms with Crippen LogP contribution in [0.2, 0.25) is 0 Å². The van der Waals surface area contributed by atoms with E-state index in [9.17, 15) is 40.5 Å². The van der Waals surface area contributed by atoms with Gasteiger partial charge in [0.15, 0.2) is 6.29 Å². The van der Waals surface area contributed by atoms with Gasteiger partial charge in [-0.2, -0.15) is 0 Å². The molecule has 0 amide bonds. The standard InChI is InChI=1S/C31H50O13/c1-40-23-10-15(2-8-20(23)35)3-9-26(36)41-24-13-19-21(42-30(24)16-4-6-17(33)7-5-16)11-18(34)12-22(19)43-31-29(39)28(38)27(37)25(14-32)44-31/h3,9,15-25,27-35,37-39H,2,4-8,10-14H2,1H3. The van der Waals surface area contributed by atoms with Gasteiger partial charge >= 0.3 is 5.97 Å². The zero-order chi connectivity index (χ0) is 31.5. The van der Waals surface area contributed by atoms with Crippen molar-refractivity contribution < 1.29 is 64.2 Å². The fourth-order valence-corrected chi connectivity index (χ4v) is 7.82. The predicted molar refractivity (Wildman–Crippen MR) is 152 cm³/mol. The lowest BCUT2D eigenvalue weighted by Gasteiger charge is -2.51. The number of carbonyl (C=O) groups is 1. The zero-order valence-corrected chi connectivity index (χ0v) is 25.3. The lowest BCUT2D eigenvalue weighted by Crippen LogP contribution is -2.61. The van der Waals surface area contributed by atoms with Gasteiger partial charge in [0.1, 0.15) is 30.5 Å². The number of hydrogen-bond acceptors (Lipinski definition) is 13. The Labute approximate surface area is 257 Å². The SMILES string of the molecule is COC1CC(C=CC(=O)OC2CC3C(OC4OC(CO)C(O)C(O)C4O)CC(O)CC3OC2C2CCC(O)CC2)CCC1O. The quantitative estimate of drug-likeness (QED) is 0.131. The van der Waals surface area contributed by atoms with Crippen LogP contribution in [0.15, 0.2) is 12.2 Å². The number of carbonyl (C=O) groups excluding carboxylic acids is 1. The summed E-state index contributed by atoms with van der Waals surface area (Å²) in [5.41, 5.74) is 0. The Morgan fingerprint density at radius 1 is 0.795 bits per heavy atom. The number of aliphatic hydroxyl groups is 7. The maximum absolute atomic E-state index is 13.2. The van der Waals surface area contributed by atoms with Crippen molar-refractivity contribution in [3.05, 3.63) is 12.2 Å². The minimum atomic E-state index is -1.60. The molecular formula is C31H50O13. The molecule has 0 aromatic rings. The van der Waals surface area contributed by atoms with Gasteiger partial charge in [-0.3, -0.25) is 0 Å². The minimum absolute atomic E-state index is 0.0484. The normalized spacial score (nSPS) is 48.5. The van der Waals surface area contributed by atoms with Gasteiger partial charge in [0.25, 0.3) is 0 Å². The zero-order valence-electron chi connectivity index (χ0n) is 25.3. The average Bonchev–Trinajstić information content (AvgIpc) is 3.01. The van der Waals surface area contributed by atoms with Crippen molar-refractivity contribution in [3.8, 4) is 0 Å². The molecule has 3 aliphatic carbocycles. The number of ether oxygens (including phenoxy) is 5. The smallest absolute Gasteiger partial charge is 0.330 e. The van der Waals surface area contributed by atoms with Gasteiger partial charge < -0.3 is 59.4 Å². The Hall–Kier alpha value is -1.23. The van der Waals surface area contributed by atoms with E-state index in [1.807, 2.05) is 0 Å². The molecule has 13 heteroatoms. The maximum Gasteiger partial charge on any atom is 0.330 e. The molecule has 0 aromatic carbocycles. The predicted octanol–water partition coefficient (Wildman–Crippen LogP) is -0.705. The second kappa shape index (κ2) is 15.1. The molecule has 5 rings (SSSR count). The Kier molecular flexibility index (Phi) is 11.7. The number of allylic oxidation sites excluding steroid dienone is 1. The fourth-order valence-electron chi connectivity index (χ4n) is 7.82. The number of esters is 1. The first-order valence-corrected chi connectivity index (χ1v) is 16.1. The maximum atomic E-state index is 13.2. The summed E-state index contributed by atoms with van der Waals surface area (Å²) in [6.07, 6.45) is -2.66. The molecule has 44 heavy (non-hydrogen) atoms. The molecule has 13 nitrogen and oxygen atoms in total. The number of fused-ring (bicyclic) bond motifs is 1. The Bertz CT molecular complexity index is 955. The molecular weight excluding hydrogens is 580 g/mol. The average molecular weight is 631 g/mol. The highest BCUT2D eigenvalue weighted by atomic mass is 16.7. The van der Waals surface area contributed by atoms with Gasteiger partial charge in [0.05, 0.1) is 49.3 Å². The van der Waals surface area contributed by atoms with Crippen LogP contribution in [-0.2, 0) is 28.5 Å². The van der Waals surface area contributed by atoms with Crippen LogP contribution >= 0.6 is 0 Å². The van der Waals surface area contributed by atoms with Crippen LogP contribution in [0.3, 0.4) is 0 Å². The first-order valence-electron chi connectivity index (χ1n) is 16.1. The van der Waals surface area contributed by atoms with E-state index in [1.165, 1.54) is 6.08 Å². The van der Waals surface area contributed by atoms with Crippen molar-refractivity contribution in [2.24, 2.45) is 17.8 Å². The Morgan fingerprint density at radius 3 is 2.25 bits per heavy atom. The van der Waals surface area contributed by atoms with E-state index in [1.54, 1.807) is 13.2 Å². The van der Waals surface area contributed by atoms with E-state index >= 15 is 0 Å². The van der Waals surface area contributed by atoms with Crippen molar-refractivity contribution in [1.29, 1.82) is 0 Å². The third kappa shape index (κ3) is 7.83. The van der Waals surface area contributed by atoms with E-state index in [0.29, 0.717) is 51.4 Å². The number of methoxy groups -OCH3 is 1. The number of rotatable bonds is 8. The Balaban J connectivity index is 1.30. The van der Waals surface area contributed by atoms with Crippen LogP contribution < -0.4 is 0 Å². The monoisotopic (exact) mass is 630 g/mol. The summed E-state index contributed by atoms with van der Waals surface area (Å²) in [5, 5.41) is 71.5. The first-order chi connectivity index (χ1) is 21.1. The highest BCUT2D eigenvalue weighted by molar-refractivity contribution is 5.82. The lowest BCUT2D eigenvalue weighted by molar-refractivity contribution is -0.327. The summed E-state index contributed by atoms with van der Waals surface area (Å²) < 4.78 is 29.7. The van der Waals surface area contributed by atoms with Crippen LogP contribution in [0.4, 0.5) is 0 Å². The van der Waals surface area contributed by atoms with Crippen LogP contribution in [0.1, 0.15) is 64.2 Å². The first kappa shape index (κ1) is 34.1. The topological polar surface area (TPSA) is 205 Å². The van der Waals surface area contributed by atoms with Crippen LogP contribution in [0, 0.1) is 17.8 Å². The fraction of sp³-hybridized carbons (Fsp3) is 0.903. The largest absolute Gasteiger partial charge is 0.456 e. The van der Waals surface area contributed by atoms with Gasteiger partial charge in [-0.15, -0.1) is 0 Å². The van der Waals surface area contributed by atoms with Crippen LogP contribution in [-0.4, -0.2) is 135 Å². The minimum Gasteiger partial charge on any atom is -0.456 e.